The molecule has 0 radical (unpaired) electrons. The van der Waals surface area contributed by atoms with Crippen molar-refractivity contribution >= 4 is 33.2 Å². The first kappa shape index (κ1) is 22.6. The molecule has 3 rings (SSSR count). The fourth-order valence-electron chi connectivity index (χ4n) is 3.15. The third-order valence-corrected chi connectivity index (χ3v) is 6.01. The van der Waals surface area contributed by atoms with Crippen LogP contribution in [0, 0.1) is 6.92 Å². The number of methoxy groups -OCH3 is 1. The van der Waals surface area contributed by atoms with Crippen molar-refractivity contribution in [2.24, 2.45) is 0 Å². The van der Waals surface area contributed by atoms with E-state index in [0.29, 0.717) is 10.8 Å². The number of nitrogens with zero attached hydrogens (tertiary/aromatic N) is 3. The topological polar surface area (TPSA) is 93.5 Å². The van der Waals surface area contributed by atoms with Crippen LogP contribution < -0.4 is 14.4 Å². The third kappa shape index (κ3) is 5.36. The maximum atomic E-state index is 12.7. The van der Waals surface area contributed by atoms with Crippen LogP contribution in [0.25, 0.3) is 5.69 Å². The summed E-state index contributed by atoms with van der Waals surface area (Å²) in [7, 11) is -2.35. The molecule has 0 saturated carbocycles. The molecule has 0 saturated heterocycles. The standard InChI is InChI=1S/C21H23ClN4O4S/c1-15-23-10-11-25(15)18-7-5-4-6-16(18)13-24-21(27)14-26(31(3,28)29)19-12-17(22)8-9-20(19)30-2/h4-12H,13-14H2,1-3H3,(H,24,27). The summed E-state index contributed by atoms with van der Waals surface area (Å²) in [4.78, 5) is 16.9. The Morgan fingerprint density at radius 3 is 2.65 bits per heavy atom. The summed E-state index contributed by atoms with van der Waals surface area (Å²) in [5.74, 6) is 0.642. The Bertz CT molecular complexity index is 1190. The van der Waals surface area contributed by atoms with Crippen molar-refractivity contribution in [1.29, 1.82) is 0 Å². The monoisotopic (exact) mass is 462 g/mol. The lowest BCUT2D eigenvalue weighted by molar-refractivity contribution is -0.119. The van der Waals surface area contributed by atoms with E-state index in [4.69, 9.17) is 16.3 Å². The highest BCUT2D eigenvalue weighted by Crippen LogP contribution is 2.32. The van der Waals surface area contributed by atoms with Gasteiger partial charge in [0, 0.05) is 24.0 Å². The molecule has 3 aromatic rings. The fourth-order valence-corrected chi connectivity index (χ4v) is 4.17. The van der Waals surface area contributed by atoms with Gasteiger partial charge < -0.3 is 14.6 Å². The molecule has 1 aromatic heterocycles. The van der Waals surface area contributed by atoms with Gasteiger partial charge in [-0.1, -0.05) is 29.8 Å². The van der Waals surface area contributed by atoms with Crippen LogP contribution >= 0.6 is 11.6 Å². The number of carbonyl (C=O) groups excluding carboxylic acids is 1. The molecule has 0 fully saturated rings. The number of imidazole rings is 1. The molecular formula is C21H23ClN4O4S. The lowest BCUT2D eigenvalue weighted by Gasteiger charge is -2.24. The third-order valence-electron chi connectivity index (χ3n) is 4.65. The maximum absolute atomic E-state index is 12.7. The van der Waals surface area contributed by atoms with Gasteiger partial charge in [0.15, 0.2) is 0 Å². The Labute approximate surface area is 186 Å². The Morgan fingerprint density at radius 1 is 1.26 bits per heavy atom. The molecule has 0 aliphatic rings. The van der Waals surface area contributed by atoms with Crippen molar-refractivity contribution in [1.82, 2.24) is 14.9 Å². The van der Waals surface area contributed by atoms with Gasteiger partial charge in [0.25, 0.3) is 0 Å². The minimum absolute atomic E-state index is 0.196. The number of ether oxygens (including phenoxy) is 1. The first-order valence-corrected chi connectivity index (χ1v) is 11.6. The number of halogens is 1. The van der Waals surface area contributed by atoms with Crippen LogP contribution in [-0.2, 0) is 21.4 Å². The predicted octanol–water partition coefficient (Wildman–Crippen LogP) is 2.93. The number of benzene rings is 2. The Kier molecular flexibility index (Phi) is 6.87. The van der Waals surface area contributed by atoms with E-state index in [-0.39, 0.29) is 12.2 Å². The maximum Gasteiger partial charge on any atom is 0.241 e. The average Bonchev–Trinajstić information content (AvgIpc) is 3.15. The van der Waals surface area contributed by atoms with Crippen molar-refractivity contribution in [2.75, 3.05) is 24.2 Å². The number of sulfonamides is 1. The molecule has 0 atom stereocenters. The molecule has 1 amide bonds. The first-order valence-electron chi connectivity index (χ1n) is 9.37. The fraction of sp³-hybridized carbons (Fsp3) is 0.238. The molecule has 1 heterocycles. The summed E-state index contributed by atoms with van der Waals surface area (Å²) in [6.45, 7) is 1.69. The molecule has 1 N–H and O–H groups in total. The van der Waals surface area contributed by atoms with Gasteiger partial charge in [0.1, 0.15) is 18.1 Å². The van der Waals surface area contributed by atoms with E-state index in [1.165, 1.54) is 13.2 Å². The lowest BCUT2D eigenvalue weighted by atomic mass is 10.1. The van der Waals surface area contributed by atoms with Gasteiger partial charge >= 0.3 is 0 Å². The highest BCUT2D eigenvalue weighted by molar-refractivity contribution is 7.92. The van der Waals surface area contributed by atoms with Gasteiger partial charge in [-0.05, 0) is 36.8 Å². The lowest BCUT2D eigenvalue weighted by Crippen LogP contribution is -2.40. The van der Waals surface area contributed by atoms with Crippen molar-refractivity contribution in [3.8, 4) is 11.4 Å². The summed E-state index contributed by atoms with van der Waals surface area (Å²) in [5.41, 5.74) is 1.94. The van der Waals surface area contributed by atoms with E-state index >= 15 is 0 Å². The van der Waals surface area contributed by atoms with Crippen molar-refractivity contribution in [2.45, 2.75) is 13.5 Å². The number of amides is 1. The molecule has 0 aliphatic carbocycles. The first-order chi connectivity index (χ1) is 14.7. The van der Waals surface area contributed by atoms with Gasteiger partial charge in [-0.25, -0.2) is 13.4 Å². The van der Waals surface area contributed by atoms with E-state index < -0.39 is 22.5 Å². The number of hydrogen-bond donors (Lipinski definition) is 1. The largest absolute Gasteiger partial charge is 0.495 e. The van der Waals surface area contributed by atoms with Crippen LogP contribution in [0.4, 0.5) is 5.69 Å². The van der Waals surface area contributed by atoms with Crippen molar-refractivity contribution in [3.05, 3.63) is 71.3 Å². The van der Waals surface area contributed by atoms with Crippen LogP contribution in [0.5, 0.6) is 5.75 Å². The zero-order valence-corrected chi connectivity index (χ0v) is 18.9. The number of anilines is 1. The van der Waals surface area contributed by atoms with Gasteiger partial charge in [-0.15, -0.1) is 0 Å². The second kappa shape index (κ2) is 9.40. The molecular weight excluding hydrogens is 440 g/mol. The zero-order chi connectivity index (χ0) is 22.6. The Balaban J connectivity index is 1.80. The Morgan fingerprint density at radius 2 is 2.00 bits per heavy atom. The molecule has 10 heteroatoms. The number of para-hydroxylation sites is 1. The van der Waals surface area contributed by atoms with Gasteiger partial charge in [-0.2, -0.15) is 0 Å². The number of aromatic nitrogens is 2. The van der Waals surface area contributed by atoms with Crippen LogP contribution in [-0.4, -0.2) is 43.8 Å². The molecule has 31 heavy (non-hydrogen) atoms. The summed E-state index contributed by atoms with van der Waals surface area (Å²) in [6.07, 6.45) is 4.57. The normalized spacial score (nSPS) is 11.2. The quantitative estimate of drug-likeness (QED) is 0.555. The molecule has 0 bridgehead atoms. The summed E-state index contributed by atoms with van der Waals surface area (Å²) >= 11 is 6.04. The molecule has 8 nitrogen and oxygen atoms in total. The van der Waals surface area contributed by atoms with Crippen LogP contribution in [0.3, 0.4) is 0 Å². The minimum atomic E-state index is -3.77. The molecule has 164 valence electrons. The number of hydrogen-bond acceptors (Lipinski definition) is 5. The SMILES string of the molecule is COc1ccc(Cl)cc1N(CC(=O)NCc1ccccc1-n1ccnc1C)S(C)(=O)=O. The zero-order valence-electron chi connectivity index (χ0n) is 17.4. The number of rotatable bonds is 8. The van der Waals surface area contributed by atoms with Gasteiger partial charge in [0.2, 0.25) is 15.9 Å². The molecule has 2 aromatic carbocycles. The number of carbonyl (C=O) groups is 1. The van der Waals surface area contributed by atoms with Crippen molar-refractivity contribution in [3.63, 3.8) is 0 Å². The van der Waals surface area contributed by atoms with E-state index in [9.17, 15) is 13.2 Å². The minimum Gasteiger partial charge on any atom is -0.495 e. The van der Waals surface area contributed by atoms with E-state index in [0.717, 1.165) is 27.6 Å². The van der Waals surface area contributed by atoms with E-state index in [1.54, 1.807) is 18.3 Å². The van der Waals surface area contributed by atoms with Gasteiger partial charge in [-0.3, -0.25) is 9.10 Å². The predicted molar refractivity (Wildman–Crippen MR) is 120 cm³/mol. The highest BCUT2D eigenvalue weighted by atomic mass is 35.5. The second-order valence-electron chi connectivity index (χ2n) is 6.84. The summed E-state index contributed by atoms with van der Waals surface area (Å²) in [6, 6.07) is 12.2. The summed E-state index contributed by atoms with van der Waals surface area (Å²) in [5, 5.41) is 3.12. The highest BCUT2D eigenvalue weighted by Gasteiger charge is 2.24. The second-order valence-corrected chi connectivity index (χ2v) is 9.18. The molecule has 0 unspecified atom stereocenters. The van der Waals surface area contributed by atoms with Crippen LogP contribution in [0.15, 0.2) is 54.9 Å². The van der Waals surface area contributed by atoms with E-state index in [2.05, 4.69) is 10.3 Å². The van der Waals surface area contributed by atoms with Crippen LogP contribution in [0.1, 0.15) is 11.4 Å². The average molecular weight is 463 g/mol. The molecule has 0 spiro atoms. The summed E-state index contributed by atoms with van der Waals surface area (Å²) < 4.78 is 32.9. The van der Waals surface area contributed by atoms with Crippen LogP contribution in [0.2, 0.25) is 5.02 Å². The smallest absolute Gasteiger partial charge is 0.241 e. The Hall–Kier alpha value is -3.04. The van der Waals surface area contributed by atoms with Gasteiger partial charge in [0.05, 0.1) is 24.7 Å². The number of aryl methyl sites for hydroxylation is 1. The number of nitrogens with one attached hydrogen (secondary N) is 1. The van der Waals surface area contributed by atoms with E-state index in [1.807, 2.05) is 42.0 Å². The van der Waals surface area contributed by atoms with Crippen molar-refractivity contribution < 1.29 is 17.9 Å². The molecule has 0 aliphatic heterocycles.